The van der Waals surface area contributed by atoms with E-state index in [2.05, 4.69) is 44.5 Å². The molecule has 0 bridgehead atoms. The van der Waals surface area contributed by atoms with E-state index in [0.29, 0.717) is 24.1 Å². The average Bonchev–Trinajstić information content (AvgIpc) is 3.44. The minimum atomic E-state index is -0.0687. The van der Waals surface area contributed by atoms with E-state index >= 15 is 0 Å². The van der Waals surface area contributed by atoms with Crippen LogP contribution in [0.3, 0.4) is 0 Å². The summed E-state index contributed by atoms with van der Waals surface area (Å²) in [5.41, 5.74) is 2.77. The molecule has 2 aromatic heterocycles. The number of aromatic nitrogens is 3. The van der Waals surface area contributed by atoms with Crippen LogP contribution < -0.4 is 10.2 Å². The summed E-state index contributed by atoms with van der Waals surface area (Å²) in [5.74, 6) is 0.486. The lowest BCUT2D eigenvalue weighted by Crippen LogP contribution is -2.40. The van der Waals surface area contributed by atoms with Crippen LogP contribution in [0.25, 0.3) is 16.9 Å². The third kappa shape index (κ3) is 3.41. The van der Waals surface area contributed by atoms with Gasteiger partial charge in [0.25, 0.3) is 5.91 Å². The zero-order chi connectivity index (χ0) is 20.3. The van der Waals surface area contributed by atoms with Gasteiger partial charge in [0.2, 0.25) is 5.95 Å². The minimum Gasteiger partial charge on any atom is -0.367 e. The van der Waals surface area contributed by atoms with Crippen LogP contribution in [0.2, 0.25) is 0 Å². The fourth-order valence-electron chi connectivity index (χ4n) is 4.25. The number of fused-ring (bicyclic) bond motifs is 1. The fourth-order valence-corrected chi connectivity index (χ4v) is 4.25. The van der Waals surface area contributed by atoms with Gasteiger partial charge in [-0.05, 0) is 37.1 Å². The summed E-state index contributed by atoms with van der Waals surface area (Å²) in [7, 11) is 0. The van der Waals surface area contributed by atoms with E-state index in [4.69, 9.17) is 0 Å². The van der Waals surface area contributed by atoms with E-state index in [0.717, 1.165) is 30.3 Å². The van der Waals surface area contributed by atoms with Crippen molar-refractivity contribution in [2.45, 2.75) is 18.9 Å². The first-order valence-corrected chi connectivity index (χ1v) is 10.3. The molecule has 2 aromatic carbocycles. The van der Waals surface area contributed by atoms with Crippen molar-refractivity contribution >= 4 is 22.5 Å². The Balaban J connectivity index is 1.38. The summed E-state index contributed by atoms with van der Waals surface area (Å²) in [6.45, 7) is 1.64. The molecule has 1 unspecified atom stereocenters. The van der Waals surface area contributed by atoms with Gasteiger partial charge < -0.3 is 10.2 Å². The van der Waals surface area contributed by atoms with E-state index < -0.39 is 0 Å². The van der Waals surface area contributed by atoms with Gasteiger partial charge >= 0.3 is 0 Å². The van der Waals surface area contributed by atoms with Crippen LogP contribution in [-0.2, 0) is 0 Å². The third-order valence-electron chi connectivity index (χ3n) is 5.69. The molecule has 1 atom stereocenters. The second-order valence-corrected chi connectivity index (χ2v) is 7.51. The second kappa shape index (κ2) is 7.99. The Bertz CT molecular complexity index is 1160. The number of carbonyl (C=O) groups is 1. The van der Waals surface area contributed by atoms with Crippen molar-refractivity contribution in [3.05, 3.63) is 84.8 Å². The summed E-state index contributed by atoms with van der Waals surface area (Å²) < 4.78 is 1.87. The first kappa shape index (κ1) is 18.4. The Hall–Kier alpha value is -3.67. The van der Waals surface area contributed by atoms with E-state index in [1.165, 1.54) is 5.69 Å². The van der Waals surface area contributed by atoms with Crippen molar-refractivity contribution < 1.29 is 4.79 Å². The maximum absolute atomic E-state index is 13.1. The van der Waals surface area contributed by atoms with Gasteiger partial charge in [-0.2, -0.15) is 0 Å². The number of carbonyl (C=O) groups excluding carboxylic acids is 1. The van der Waals surface area contributed by atoms with Gasteiger partial charge in [0.15, 0.2) is 0 Å². The number of hydrogen-bond acceptors (Lipinski definition) is 4. The van der Waals surface area contributed by atoms with Crippen LogP contribution in [0, 0.1) is 0 Å². The smallest absolute Gasteiger partial charge is 0.253 e. The number of rotatable bonds is 5. The van der Waals surface area contributed by atoms with Crippen molar-refractivity contribution in [2.75, 3.05) is 18.0 Å². The van der Waals surface area contributed by atoms with Crippen molar-refractivity contribution in [2.24, 2.45) is 0 Å². The normalized spacial score (nSPS) is 16.1. The minimum absolute atomic E-state index is 0.0687. The van der Waals surface area contributed by atoms with E-state index in [1.54, 1.807) is 18.5 Å². The quantitative estimate of drug-likeness (QED) is 0.556. The fraction of sp³-hybridized carbons (Fsp3) is 0.208. The van der Waals surface area contributed by atoms with Crippen molar-refractivity contribution in [3.8, 4) is 5.95 Å². The highest BCUT2D eigenvalue weighted by Gasteiger charge is 2.25. The van der Waals surface area contributed by atoms with Crippen LogP contribution >= 0.6 is 0 Å². The number of para-hydroxylation sites is 2. The molecule has 1 amide bonds. The molecule has 1 aliphatic rings. The van der Waals surface area contributed by atoms with E-state index in [9.17, 15) is 4.79 Å². The highest BCUT2D eigenvalue weighted by molar-refractivity contribution is 6.07. The summed E-state index contributed by atoms with van der Waals surface area (Å²) >= 11 is 0. The Kier molecular flexibility index (Phi) is 4.89. The number of nitrogens with one attached hydrogen (secondary N) is 1. The monoisotopic (exact) mass is 397 g/mol. The molecule has 4 aromatic rings. The van der Waals surface area contributed by atoms with Gasteiger partial charge in [0.1, 0.15) is 0 Å². The van der Waals surface area contributed by atoms with Crippen LogP contribution in [0.15, 0.2) is 79.3 Å². The second-order valence-electron chi connectivity index (χ2n) is 7.51. The molecule has 0 aliphatic carbocycles. The highest BCUT2D eigenvalue weighted by Crippen LogP contribution is 2.26. The number of nitrogens with zero attached hydrogens (tertiary/aromatic N) is 4. The van der Waals surface area contributed by atoms with Gasteiger partial charge in [0, 0.05) is 48.8 Å². The lowest BCUT2D eigenvalue weighted by molar-refractivity contribution is 0.0953. The number of hydrogen-bond donors (Lipinski definition) is 1. The molecule has 6 heteroatoms. The third-order valence-corrected chi connectivity index (χ3v) is 5.69. The zero-order valence-electron chi connectivity index (χ0n) is 16.6. The van der Waals surface area contributed by atoms with E-state index in [1.807, 2.05) is 41.1 Å². The molecule has 1 saturated heterocycles. The van der Waals surface area contributed by atoms with Gasteiger partial charge in [-0.15, -0.1) is 0 Å². The molecule has 6 nitrogen and oxygen atoms in total. The predicted octanol–water partition coefficient (Wildman–Crippen LogP) is 3.82. The molecular weight excluding hydrogens is 374 g/mol. The van der Waals surface area contributed by atoms with Crippen molar-refractivity contribution in [1.29, 1.82) is 0 Å². The van der Waals surface area contributed by atoms with Gasteiger partial charge in [-0.3, -0.25) is 9.36 Å². The summed E-state index contributed by atoms with van der Waals surface area (Å²) in [4.78, 5) is 24.2. The first-order valence-electron chi connectivity index (χ1n) is 10.3. The lowest BCUT2D eigenvalue weighted by atomic mass is 10.1. The molecule has 30 heavy (non-hydrogen) atoms. The Labute approximate surface area is 175 Å². The van der Waals surface area contributed by atoms with Crippen molar-refractivity contribution in [1.82, 2.24) is 19.9 Å². The van der Waals surface area contributed by atoms with E-state index in [-0.39, 0.29) is 5.91 Å². The topological polar surface area (TPSA) is 63.1 Å². The molecule has 0 saturated carbocycles. The molecule has 0 radical (unpaired) electrons. The average molecular weight is 397 g/mol. The molecular formula is C24H23N5O. The number of anilines is 1. The van der Waals surface area contributed by atoms with Gasteiger partial charge in [0.05, 0.1) is 11.1 Å². The van der Waals surface area contributed by atoms with Gasteiger partial charge in [-0.25, -0.2) is 9.97 Å². The van der Waals surface area contributed by atoms with Crippen LogP contribution in [0.4, 0.5) is 5.69 Å². The van der Waals surface area contributed by atoms with Crippen LogP contribution in [-0.4, -0.2) is 39.6 Å². The standard InChI is InChI=1S/C24H23N5O/c30-23(27-16-19-10-6-15-28(19)18-8-2-1-3-9-18)21-17-29(24-25-13-7-14-26-24)22-12-5-4-11-20(21)22/h1-5,7-9,11-14,17,19H,6,10,15-16H2,(H,27,30). The summed E-state index contributed by atoms with van der Waals surface area (Å²) in [6, 6.07) is 20.4. The molecule has 1 fully saturated rings. The number of amides is 1. The number of benzene rings is 2. The van der Waals surface area contributed by atoms with Crippen LogP contribution in [0.1, 0.15) is 23.2 Å². The Morgan fingerprint density at radius 1 is 1.00 bits per heavy atom. The van der Waals surface area contributed by atoms with Crippen LogP contribution in [0.5, 0.6) is 0 Å². The SMILES string of the molecule is O=C(NCC1CCCN1c1ccccc1)c1cn(-c2ncccn2)c2ccccc12. The largest absolute Gasteiger partial charge is 0.367 e. The lowest BCUT2D eigenvalue weighted by Gasteiger charge is -2.27. The zero-order valence-corrected chi connectivity index (χ0v) is 16.6. The Morgan fingerprint density at radius 2 is 1.77 bits per heavy atom. The summed E-state index contributed by atoms with van der Waals surface area (Å²) in [6.07, 6.45) is 7.46. The highest BCUT2D eigenvalue weighted by atomic mass is 16.1. The summed E-state index contributed by atoms with van der Waals surface area (Å²) in [5, 5.41) is 4.06. The molecule has 5 rings (SSSR count). The molecule has 1 aliphatic heterocycles. The van der Waals surface area contributed by atoms with Gasteiger partial charge in [-0.1, -0.05) is 36.4 Å². The maximum Gasteiger partial charge on any atom is 0.253 e. The molecule has 0 spiro atoms. The predicted molar refractivity (Wildman–Crippen MR) is 118 cm³/mol. The maximum atomic E-state index is 13.1. The molecule has 3 heterocycles. The molecule has 1 N–H and O–H groups in total. The van der Waals surface area contributed by atoms with Crippen molar-refractivity contribution in [3.63, 3.8) is 0 Å². The Morgan fingerprint density at radius 3 is 2.60 bits per heavy atom. The molecule has 150 valence electrons. The first-order chi connectivity index (χ1) is 14.8.